The van der Waals surface area contributed by atoms with Gasteiger partial charge in [0.1, 0.15) is 0 Å². The van der Waals surface area contributed by atoms with Crippen molar-refractivity contribution in [2.45, 2.75) is 52.2 Å². The summed E-state index contributed by atoms with van der Waals surface area (Å²) in [6, 6.07) is 7.74. The molecule has 0 unspecified atom stereocenters. The molecule has 22 heavy (non-hydrogen) atoms. The van der Waals surface area contributed by atoms with Crippen molar-refractivity contribution in [1.82, 2.24) is 0 Å². The van der Waals surface area contributed by atoms with Gasteiger partial charge in [0.2, 0.25) is 0 Å². The third-order valence-corrected chi connectivity index (χ3v) is 4.91. The Morgan fingerprint density at radius 3 is 2.32 bits per heavy atom. The number of hydrogen-bond acceptors (Lipinski definition) is 3. The summed E-state index contributed by atoms with van der Waals surface area (Å²) in [5.74, 6) is -0.0761. The Hall–Kier alpha value is -1.59. The quantitative estimate of drug-likeness (QED) is 0.672. The zero-order chi connectivity index (χ0) is 16.1. The molecule has 0 aliphatic carbocycles. The SMILES string of the molecule is CC/C(B1OC(C)(C)C(C)(C)O1)=C1/C(=O)Nc2ccccc21. The minimum absolute atomic E-state index is 0.0761. The van der Waals surface area contributed by atoms with Crippen molar-refractivity contribution in [3.05, 3.63) is 35.3 Å². The van der Waals surface area contributed by atoms with Gasteiger partial charge in [-0.05, 0) is 45.7 Å². The largest absolute Gasteiger partial charge is 0.491 e. The summed E-state index contributed by atoms with van der Waals surface area (Å²) in [6.45, 7) is 10.1. The molecule has 0 radical (unpaired) electrons. The Balaban J connectivity index is 2.07. The van der Waals surface area contributed by atoms with Crippen LogP contribution in [-0.4, -0.2) is 24.2 Å². The lowest BCUT2D eigenvalue weighted by Gasteiger charge is -2.32. The predicted octanol–water partition coefficient (Wildman–Crippen LogP) is 3.43. The van der Waals surface area contributed by atoms with Crippen molar-refractivity contribution in [3.63, 3.8) is 0 Å². The number of carbonyl (C=O) groups excluding carboxylic acids is 1. The molecule has 0 aromatic heterocycles. The first-order valence-electron chi connectivity index (χ1n) is 7.76. The van der Waals surface area contributed by atoms with Crippen LogP contribution in [0, 0.1) is 0 Å². The Labute approximate surface area is 132 Å². The van der Waals surface area contributed by atoms with Gasteiger partial charge in [0.25, 0.3) is 5.91 Å². The molecule has 3 rings (SSSR count). The van der Waals surface area contributed by atoms with Crippen molar-refractivity contribution < 1.29 is 14.1 Å². The van der Waals surface area contributed by atoms with Gasteiger partial charge in [-0.15, -0.1) is 0 Å². The van der Waals surface area contributed by atoms with E-state index in [1.54, 1.807) is 0 Å². The zero-order valence-corrected chi connectivity index (χ0v) is 13.8. The van der Waals surface area contributed by atoms with Crippen LogP contribution in [0.1, 0.15) is 46.6 Å². The van der Waals surface area contributed by atoms with Crippen LogP contribution in [0.4, 0.5) is 5.69 Å². The molecular weight excluding hydrogens is 277 g/mol. The highest BCUT2D eigenvalue weighted by atomic mass is 16.7. The van der Waals surface area contributed by atoms with E-state index >= 15 is 0 Å². The lowest BCUT2D eigenvalue weighted by Crippen LogP contribution is -2.41. The molecule has 5 heteroatoms. The van der Waals surface area contributed by atoms with Gasteiger partial charge in [-0.1, -0.05) is 25.1 Å². The topological polar surface area (TPSA) is 47.6 Å². The normalized spacial score (nSPS) is 24.2. The second kappa shape index (κ2) is 4.96. The molecule has 2 heterocycles. The van der Waals surface area contributed by atoms with Gasteiger partial charge in [-0.3, -0.25) is 4.79 Å². The highest BCUT2D eigenvalue weighted by molar-refractivity contribution is 6.59. The summed E-state index contributed by atoms with van der Waals surface area (Å²) >= 11 is 0. The molecule has 0 bridgehead atoms. The van der Waals surface area contributed by atoms with E-state index < -0.39 is 18.3 Å². The average Bonchev–Trinajstić information content (AvgIpc) is 2.85. The Morgan fingerprint density at radius 1 is 1.14 bits per heavy atom. The second-order valence-electron chi connectivity index (χ2n) is 6.84. The van der Waals surface area contributed by atoms with E-state index in [0.29, 0.717) is 12.0 Å². The molecule has 0 spiro atoms. The maximum absolute atomic E-state index is 12.4. The lowest BCUT2D eigenvalue weighted by molar-refractivity contribution is -0.110. The number of nitrogens with one attached hydrogen (secondary N) is 1. The lowest BCUT2D eigenvalue weighted by atomic mass is 9.72. The molecular formula is C17H22BNO3. The number of allylic oxidation sites excluding steroid dienone is 1. The van der Waals surface area contributed by atoms with E-state index in [4.69, 9.17) is 9.31 Å². The van der Waals surface area contributed by atoms with E-state index in [1.165, 1.54) is 0 Å². The summed E-state index contributed by atoms with van der Waals surface area (Å²) in [4.78, 5) is 12.4. The van der Waals surface area contributed by atoms with Crippen LogP contribution >= 0.6 is 0 Å². The molecule has 0 atom stereocenters. The molecule has 1 N–H and O–H groups in total. The van der Waals surface area contributed by atoms with Crippen molar-refractivity contribution in [2.24, 2.45) is 0 Å². The fourth-order valence-corrected chi connectivity index (χ4v) is 2.88. The number of carbonyl (C=O) groups is 1. The fraction of sp³-hybridized carbons (Fsp3) is 0.471. The molecule has 1 aromatic rings. The van der Waals surface area contributed by atoms with Crippen molar-refractivity contribution in [2.75, 3.05) is 5.32 Å². The van der Waals surface area contributed by atoms with Crippen LogP contribution in [0.2, 0.25) is 0 Å². The monoisotopic (exact) mass is 299 g/mol. The molecule has 1 saturated heterocycles. The van der Waals surface area contributed by atoms with E-state index in [9.17, 15) is 4.79 Å². The van der Waals surface area contributed by atoms with Crippen LogP contribution in [0.25, 0.3) is 5.57 Å². The van der Waals surface area contributed by atoms with Gasteiger partial charge < -0.3 is 14.6 Å². The molecule has 4 nitrogen and oxygen atoms in total. The number of amides is 1. The van der Waals surface area contributed by atoms with Crippen LogP contribution in [0.5, 0.6) is 0 Å². The minimum atomic E-state index is -0.484. The van der Waals surface area contributed by atoms with E-state index in [0.717, 1.165) is 16.7 Å². The molecule has 2 aliphatic heterocycles. The molecule has 1 aromatic carbocycles. The number of para-hydroxylation sites is 1. The Kier molecular flexibility index (Phi) is 3.46. The van der Waals surface area contributed by atoms with Crippen molar-refractivity contribution >= 4 is 24.3 Å². The van der Waals surface area contributed by atoms with Gasteiger partial charge >= 0.3 is 7.12 Å². The van der Waals surface area contributed by atoms with Gasteiger partial charge in [0.15, 0.2) is 0 Å². The number of benzene rings is 1. The molecule has 0 saturated carbocycles. The molecule has 1 fully saturated rings. The maximum Gasteiger partial charge on any atom is 0.491 e. The zero-order valence-electron chi connectivity index (χ0n) is 13.8. The van der Waals surface area contributed by atoms with Crippen molar-refractivity contribution in [3.8, 4) is 0 Å². The summed E-state index contributed by atoms with van der Waals surface area (Å²) in [6.07, 6.45) is 0.702. The minimum Gasteiger partial charge on any atom is -0.400 e. The highest BCUT2D eigenvalue weighted by Gasteiger charge is 2.53. The standard InChI is InChI=1S/C17H22BNO3/c1-6-12(18-21-16(2,3)17(4,5)22-18)14-11-9-7-8-10-13(11)19-15(14)20/h7-10H,6H2,1-5H3,(H,19,20)/b14-12-. The van der Waals surface area contributed by atoms with Crippen molar-refractivity contribution in [1.29, 1.82) is 0 Å². The highest BCUT2D eigenvalue weighted by Crippen LogP contribution is 2.42. The van der Waals surface area contributed by atoms with Gasteiger partial charge in [-0.25, -0.2) is 0 Å². The molecule has 116 valence electrons. The molecule has 1 amide bonds. The molecule has 2 aliphatic rings. The smallest absolute Gasteiger partial charge is 0.400 e. The van der Waals surface area contributed by atoms with Gasteiger partial charge in [-0.2, -0.15) is 0 Å². The summed E-state index contributed by atoms with van der Waals surface area (Å²) in [7, 11) is -0.484. The number of fused-ring (bicyclic) bond motifs is 1. The first-order chi connectivity index (χ1) is 10.3. The second-order valence-corrected chi connectivity index (χ2v) is 6.84. The average molecular weight is 299 g/mol. The Morgan fingerprint density at radius 2 is 1.73 bits per heavy atom. The first-order valence-corrected chi connectivity index (χ1v) is 7.76. The van der Waals surface area contributed by atoms with Gasteiger partial charge in [0, 0.05) is 16.8 Å². The summed E-state index contributed by atoms with van der Waals surface area (Å²) < 4.78 is 12.3. The van der Waals surface area contributed by atoms with E-state index in [-0.39, 0.29) is 5.91 Å². The predicted molar refractivity (Wildman–Crippen MR) is 88.4 cm³/mol. The summed E-state index contributed by atoms with van der Waals surface area (Å²) in [5, 5.41) is 2.92. The van der Waals surface area contributed by atoms with Gasteiger partial charge in [0.05, 0.1) is 11.2 Å². The van der Waals surface area contributed by atoms with Crippen LogP contribution in [0.15, 0.2) is 29.7 Å². The number of anilines is 1. The number of rotatable bonds is 2. The third kappa shape index (κ3) is 2.20. The van der Waals surface area contributed by atoms with E-state index in [1.807, 2.05) is 58.9 Å². The van der Waals surface area contributed by atoms with Crippen LogP contribution in [-0.2, 0) is 14.1 Å². The van der Waals surface area contributed by atoms with Crippen LogP contribution in [0.3, 0.4) is 0 Å². The number of hydrogen-bond donors (Lipinski definition) is 1. The Bertz CT molecular complexity index is 648. The van der Waals surface area contributed by atoms with E-state index in [2.05, 4.69) is 5.32 Å². The summed E-state index contributed by atoms with van der Waals surface area (Å²) in [5.41, 5.74) is 2.56. The third-order valence-electron chi connectivity index (χ3n) is 4.91. The fourth-order valence-electron chi connectivity index (χ4n) is 2.88. The first kappa shape index (κ1) is 15.3. The maximum atomic E-state index is 12.4. The van der Waals surface area contributed by atoms with Crippen LogP contribution < -0.4 is 5.32 Å².